The maximum atomic E-state index is 11.1. The summed E-state index contributed by atoms with van der Waals surface area (Å²) in [6, 6.07) is 13.9. The Morgan fingerprint density at radius 3 is 2.56 bits per heavy atom. The van der Waals surface area contributed by atoms with Gasteiger partial charge in [-0.3, -0.25) is 4.79 Å². The zero-order valence-corrected chi connectivity index (χ0v) is 10.8. The Labute approximate surface area is 108 Å². The second-order valence-electron chi connectivity index (χ2n) is 3.80. The van der Waals surface area contributed by atoms with Gasteiger partial charge in [-0.1, -0.05) is 42.5 Å². The van der Waals surface area contributed by atoms with E-state index in [1.54, 1.807) is 22.6 Å². The summed E-state index contributed by atoms with van der Waals surface area (Å²) in [6.45, 7) is 0. The van der Waals surface area contributed by atoms with Gasteiger partial charge in [0.15, 0.2) is 0 Å². The normalized spacial score (nSPS) is 12.6. The zero-order valence-electron chi connectivity index (χ0n) is 8.69. The van der Waals surface area contributed by atoms with Crippen LogP contribution in [0.5, 0.6) is 0 Å². The molecule has 0 unspecified atom stereocenters. The number of nitrogens with two attached hydrogens (primary N) is 1. The Balaban J connectivity index is 2.29. The van der Waals surface area contributed by atoms with Gasteiger partial charge in [0, 0.05) is 22.6 Å². The van der Waals surface area contributed by atoms with E-state index in [-0.39, 0.29) is 3.79 Å². The summed E-state index contributed by atoms with van der Waals surface area (Å²) in [7, 11) is 0. The van der Waals surface area contributed by atoms with Crippen molar-refractivity contribution in [3.05, 3.63) is 48.0 Å². The van der Waals surface area contributed by atoms with Crippen molar-refractivity contribution in [2.24, 2.45) is 5.73 Å². The maximum Gasteiger partial charge on any atom is 0.209 e. The smallest absolute Gasteiger partial charge is 0.209 e. The quantitative estimate of drug-likeness (QED) is 0.696. The Hall–Kier alpha value is -0.940. The van der Waals surface area contributed by atoms with Gasteiger partial charge < -0.3 is 5.73 Å². The van der Waals surface area contributed by atoms with Crippen LogP contribution in [0.3, 0.4) is 0 Å². The standard InChI is InChI=1S/C13H12INO/c14-13(16)12(15)8-9-5-6-10-3-1-2-4-11(10)7-9/h1-7,12H,8,15H2/t12-/m0/s1. The fourth-order valence-corrected chi connectivity index (χ4v) is 1.92. The number of benzene rings is 2. The highest BCUT2D eigenvalue weighted by Gasteiger charge is 2.10. The lowest BCUT2D eigenvalue weighted by Gasteiger charge is -2.07. The Morgan fingerprint density at radius 2 is 1.88 bits per heavy atom. The lowest BCUT2D eigenvalue weighted by atomic mass is 10.0. The minimum atomic E-state index is -0.401. The van der Waals surface area contributed by atoms with E-state index in [2.05, 4.69) is 24.3 Å². The first-order valence-corrected chi connectivity index (χ1v) is 6.17. The van der Waals surface area contributed by atoms with Crippen molar-refractivity contribution in [3.8, 4) is 0 Å². The first-order chi connectivity index (χ1) is 7.66. The molecule has 2 N–H and O–H groups in total. The SMILES string of the molecule is N[C@@H](Cc1ccc2ccccc2c1)C(=O)I. The van der Waals surface area contributed by atoms with E-state index in [1.165, 1.54) is 10.8 Å². The molecule has 0 bridgehead atoms. The van der Waals surface area contributed by atoms with Crippen molar-refractivity contribution in [2.45, 2.75) is 12.5 Å². The van der Waals surface area contributed by atoms with E-state index in [9.17, 15) is 4.79 Å². The average Bonchev–Trinajstić information content (AvgIpc) is 2.28. The summed E-state index contributed by atoms with van der Waals surface area (Å²) in [5.41, 5.74) is 6.84. The van der Waals surface area contributed by atoms with Crippen molar-refractivity contribution < 1.29 is 4.79 Å². The summed E-state index contributed by atoms with van der Waals surface area (Å²) in [5, 5.41) is 2.40. The topological polar surface area (TPSA) is 43.1 Å². The molecule has 2 aromatic carbocycles. The predicted molar refractivity (Wildman–Crippen MR) is 74.7 cm³/mol. The molecule has 0 aliphatic carbocycles. The van der Waals surface area contributed by atoms with Gasteiger partial charge in [0.05, 0.1) is 6.04 Å². The minimum absolute atomic E-state index is 0.00533. The van der Waals surface area contributed by atoms with Crippen LogP contribution in [0.15, 0.2) is 42.5 Å². The van der Waals surface area contributed by atoms with Crippen LogP contribution >= 0.6 is 22.6 Å². The van der Waals surface area contributed by atoms with Crippen LogP contribution in [0.4, 0.5) is 0 Å². The molecule has 1 atom stereocenters. The molecule has 2 rings (SSSR count). The van der Waals surface area contributed by atoms with Gasteiger partial charge >= 0.3 is 0 Å². The lowest BCUT2D eigenvalue weighted by Crippen LogP contribution is -2.28. The van der Waals surface area contributed by atoms with Gasteiger partial charge in [-0.15, -0.1) is 0 Å². The molecule has 0 spiro atoms. The molecule has 0 aromatic heterocycles. The fraction of sp³-hybridized carbons (Fsp3) is 0.154. The van der Waals surface area contributed by atoms with Gasteiger partial charge in [-0.05, 0) is 22.8 Å². The van der Waals surface area contributed by atoms with Crippen LogP contribution in [0.25, 0.3) is 10.8 Å². The van der Waals surface area contributed by atoms with Crippen molar-refractivity contribution in [1.82, 2.24) is 0 Å². The van der Waals surface area contributed by atoms with E-state index < -0.39 is 6.04 Å². The van der Waals surface area contributed by atoms with E-state index in [4.69, 9.17) is 5.73 Å². The highest BCUT2D eigenvalue weighted by atomic mass is 127. The monoisotopic (exact) mass is 325 g/mol. The minimum Gasteiger partial charge on any atom is -0.321 e. The van der Waals surface area contributed by atoms with Crippen LogP contribution in [-0.2, 0) is 11.2 Å². The van der Waals surface area contributed by atoms with Crippen LogP contribution in [0.1, 0.15) is 5.56 Å². The number of carbonyl (C=O) groups excluding carboxylic acids is 1. The lowest BCUT2D eigenvalue weighted by molar-refractivity contribution is -0.110. The van der Waals surface area contributed by atoms with E-state index in [0.717, 1.165) is 5.56 Å². The molecular formula is C13H12INO. The molecule has 2 aromatic rings. The third-order valence-electron chi connectivity index (χ3n) is 2.56. The molecule has 0 heterocycles. The summed E-state index contributed by atoms with van der Waals surface area (Å²) < 4.78 is 0.00533. The molecule has 0 amide bonds. The Morgan fingerprint density at radius 1 is 1.19 bits per heavy atom. The van der Waals surface area contributed by atoms with Crippen molar-refractivity contribution in [2.75, 3.05) is 0 Å². The zero-order chi connectivity index (χ0) is 11.5. The number of carbonyl (C=O) groups is 1. The molecule has 0 saturated heterocycles. The van der Waals surface area contributed by atoms with Crippen molar-refractivity contribution in [1.29, 1.82) is 0 Å². The molecule has 0 aliphatic heterocycles. The summed E-state index contributed by atoms with van der Waals surface area (Å²) in [4.78, 5) is 11.1. The molecule has 2 nitrogen and oxygen atoms in total. The van der Waals surface area contributed by atoms with Crippen LogP contribution in [-0.4, -0.2) is 9.83 Å². The van der Waals surface area contributed by atoms with Gasteiger partial charge in [0.1, 0.15) is 0 Å². The highest BCUT2D eigenvalue weighted by Crippen LogP contribution is 2.16. The number of rotatable bonds is 3. The second-order valence-corrected chi connectivity index (χ2v) is 4.86. The molecule has 0 fully saturated rings. The van der Waals surface area contributed by atoms with E-state index in [0.29, 0.717) is 6.42 Å². The molecule has 82 valence electrons. The predicted octanol–water partition coefficient (Wildman–Crippen LogP) is 2.67. The number of hydrogen-bond donors (Lipinski definition) is 1. The third-order valence-corrected chi connectivity index (χ3v) is 3.36. The van der Waals surface area contributed by atoms with Crippen LogP contribution in [0, 0.1) is 0 Å². The van der Waals surface area contributed by atoms with E-state index >= 15 is 0 Å². The molecule has 0 radical (unpaired) electrons. The second kappa shape index (κ2) is 4.93. The fourth-order valence-electron chi connectivity index (χ4n) is 1.70. The first kappa shape index (κ1) is 11.5. The summed E-state index contributed by atoms with van der Waals surface area (Å²) >= 11 is 1.75. The Bertz CT molecular complexity index is 524. The summed E-state index contributed by atoms with van der Waals surface area (Å²) in [5.74, 6) is 0. The largest absolute Gasteiger partial charge is 0.321 e. The van der Waals surface area contributed by atoms with Gasteiger partial charge in [-0.2, -0.15) is 0 Å². The molecule has 0 saturated carbocycles. The molecule has 0 aliphatic rings. The first-order valence-electron chi connectivity index (χ1n) is 5.09. The molecular weight excluding hydrogens is 313 g/mol. The summed E-state index contributed by atoms with van der Waals surface area (Å²) in [6.07, 6.45) is 0.604. The van der Waals surface area contributed by atoms with Crippen molar-refractivity contribution in [3.63, 3.8) is 0 Å². The van der Waals surface area contributed by atoms with E-state index in [1.807, 2.05) is 18.2 Å². The molecule has 3 heteroatoms. The van der Waals surface area contributed by atoms with Gasteiger partial charge in [0.25, 0.3) is 0 Å². The van der Waals surface area contributed by atoms with Gasteiger partial charge in [-0.25, -0.2) is 0 Å². The number of fused-ring (bicyclic) bond motifs is 1. The van der Waals surface area contributed by atoms with Crippen LogP contribution < -0.4 is 5.73 Å². The number of halogens is 1. The van der Waals surface area contributed by atoms with Crippen LogP contribution in [0.2, 0.25) is 0 Å². The highest BCUT2D eigenvalue weighted by molar-refractivity contribution is 14.1. The Kier molecular flexibility index (Phi) is 3.56. The maximum absolute atomic E-state index is 11.1. The number of hydrogen-bond acceptors (Lipinski definition) is 2. The third kappa shape index (κ3) is 2.59. The van der Waals surface area contributed by atoms with Crippen molar-refractivity contribution >= 4 is 37.2 Å². The molecule has 16 heavy (non-hydrogen) atoms. The average molecular weight is 325 g/mol. The van der Waals surface area contributed by atoms with Gasteiger partial charge in [0.2, 0.25) is 3.79 Å².